The second-order valence-corrected chi connectivity index (χ2v) is 6.41. The van der Waals surface area contributed by atoms with Crippen LogP contribution in [0.15, 0.2) is 24.3 Å². The molecule has 0 bridgehead atoms. The van der Waals surface area contributed by atoms with Crippen molar-refractivity contribution in [2.45, 2.75) is 19.8 Å². The lowest BCUT2D eigenvalue weighted by atomic mass is 10.1. The Morgan fingerprint density at radius 3 is 2.48 bits per heavy atom. The van der Waals surface area contributed by atoms with Gasteiger partial charge in [0.1, 0.15) is 5.75 Å². The zero-order valence-corrected chi connectivity index (χ0v) is 16.3. The smallest absolute Gasteiger partial charge is 0.307 e. The number of amides is 1. The summed E-state index contributed by atoms with van der Waals surface area (Å²) in [5.74, 6) is 0.501. The lowest BCUT2D eigenvalue weighted by Gasteiger charge is -2.30. The van der Waals surface area contributed by atoms with Crippen LogP contribution < -0.4 is 4.74 Å². The predicted octanol–water partition coefficient (Wildman–Crippen LogP) is 1.35. The minimum atomic E-state index is -0.272. The SMILES string of the molecule is CCOC(=O)CCN(CCN1CCOCC1)C(=O)Cc1ccc(OC)cc1. The molecule has 0 aromatic heterocycles. The van der Waals surface area contributed by atoms with Crippen LogP contribution in [0.4, 0.5) is 0 Å². The first-order chi connectivity index (χ1) is 13.1. The van der Waals surface area contributed by atoms with Gasteiger partial charge in [0, 0.05) is 32.7 Å². The van der Waals surface area contributed by atoms with E-state index in [2.05, 4.69) is 4.90 Å². The number of carbonyl (C=O) groups excluding carboxylic acids is 2. The topological polar surface area (TPSA) is 68.3 Å². The van der Waals surface area contributed by atoms with Crippen molar-refractivity contribution in [1.29, 1.82) is 0 Å². The van der Waals surface area contributed by atoms with Gasteiger partial charge < -0.3 is 19.1 Å². The molecule has 7 nitrogen and oxygen atoms in total. The van der Waals surface area contributed by atoms with E-state index in [-0.39, 0.29) is 18.3 Å². The minimum Gasteiger partial charge on any atom is -0.497 e. The third-order valence-corrected chi connectivity index (χ3v) is 4.55. The molecule has 1 aliphatic rings. The summed E-state index contributed by atoms with van der Waals surface area (Å²) in [4.78, 5) is 28.6. The second kappa shape index (κ2) is 11.6. The first-order valence-corrected chi connectivity index (χ1v) is 9.48. The molecule has 0 saturated carbocycles. The number of ether oxygens (including phenoxy) is 3. The second-order valence-electron chi connectivity index (χ2n) is 6.41. The van der Waals surface area contributed by atoms with Crippen LogP contribution in [0.5, 0.6) is 5.75 Å². The molecule has 1 aromatic carbocycles. The first-order valence-electron chi connectivity index (χ1n) is 9.48. The van der Waals surface area contributed by atoms with Crippen LogP contribution in [-0.2, 0) is 25.5 Å². The van der Waals surface area contributed by atoms with Gasteiger partial charge in [-0.15, -0.1) is 0 Å². The summed E-state index contributed by atoms with van der Waals surface area (Å²) in [6, 6.07) is 7.48. The summed E-state index contributed by atoms with van der Waals surface area (Å²) in [5.41, 5.74) is 0.924. The van der Waals surface area contributed by atoms with Gasteiger partial charge in [0.15, 0.2) is 0 Å². The van der Waals surface area contributed by atoms with Gasteiger partial charge in [0.2, 0.25) is 5.91 Å². The van der Waals surface area contributed by atoms with Crippen molar-refractivity contribution < 1.29 is 23.8 Å². The van der Waals surface area contributed by atoms with Gasteiger partial charge >= 0.3 is 5.97 Å². The highest BCUT2D eigenvalue weighted by atomic mass is 16.5. The van der Waals surface area contributed by atoms with Crippen molar-refractivity contribution in [2.24, 2.45) is 0 Å². The van der Waals surface area contributed by atoms with Crippen LogP contribution in [0.2, 0.25) is 0 Å². The third kappa shape index (κ3) is 7.56. The van der Waals surface area contributed by atoms with E-state index in [1.54, 1.807) is 18.9 Å². The van der Waals surface area contributed by atoms with Gasteiger partial charge in [-0.05, 0) is 24.6 Å². The summed E-state index contributed by atoms with van der Waals surface area (Å²) >= 11 is 0. The van der Waals surface area contributed by atoms with Gasteiger partial charge in [-0.3, -0.25) is 14.5 Å². The van der Waals surface area contributed by atoms with Gasteiger partial charge in [0.05, 0.1) is 39.8 Å². The normalized spacial score (nSPS) is 14.6. The standard InChI is InChI=1S/C20H30N2O5/c1-3-27-20(24)8-9-22(11-10-21-12-14-26-15-13-21)19(23)16-17-4-6-18(25-2)7-5-17/h4-7H,3,8-16H2,1-2H3. The fourth-order valence-electron chi connectivity index (χ4n) is 2.94. The Bertz CT molecular complexity index is 585. The molecule has 27 heavy (non-hydrogen) atoms. The van der Waals surface area contributed by atoms with Crippen LogP contribution in [0.1, 0.15) is 18.9 Å². The number of methoxy groups -OCH3 is 1. The maximum atomic E-state index is 12.8. The summed E-state index contributed by atoms with van der Waals surface area (Å²) in [5, 5.41) is 0. The van der Waals surface area contributed by atoms with Crippen molar-refractivity contribution in [3.63, 3.8) is 0 Å². The summed E-state index contributed by atoms with van der Waals surface area (Å²) < 4.78 is 15.5. The maximum absolute atomic E-state index is 12.8. The van der Waals surface area contributed by atoms with E-state index in [9.17, 15) is 9.59 Å². The highest BCUT2D eigenvalue weighted by molar-refractivity contribution is 5.79. The maximum Gasteiger partial charge on any atom is 0.307 e. The molecular formula is C20H30N2O5. The van der Waals surface area contributed by atoms with Crippen LogP contribution >= 0.6 is 0 Å². The highest BCUT2D eigenvalue weighted by Gasteiger charge is 2.18. The van der Waals surface area contributed by atoms with E-state index in [0.29, 0.717) is 26.1 Å². The number of hydrogen-bond donors (Lipinski definition) is 0. The summed E-state index contributed by atoms with van der Waals surface area (Å²) in [7, 11) is 1.61. The van der Waals surface area contributed by atoms with Gasteiger partial charge in [-0.2, -0.15) is 0 Å². The number of morpholine rings is 1. The molecule has 1 heterocycles. The summed E-state index contributed by atoms with van der Waals surface area (Å²) in [6.45, 7) is 7.07. The monoisotopic (exact) mass is 378 g/mol. The number of rotatable bonds is 10. The van der Waals surface area contributed by atoms with E-state index < -0.39 is 0 Å². The number of carbonyl (C=O) groups is 2. The van der Waals surface area contributed by atoms with Gasteiger partial charge in [-0.25, -0.2) is 0 Å². The first kappa shape index (κ1) is 21.2. The Labute approximate surface area is 161 Å². The minimum absolute atomic E-state index is 0.0118. The van der Waals surface area contributed by atoms with Crippen LogP contribution in [0.25, 0.3) is 0 Å². The number of nitrogens with zero attached hydrogens (tertiary/aromatic N) is 2. The molecule has 7 heteroatoms. The molecule has 1 amide bonds. The molecule has 0 spiro atoms. The molecule has 0 atom stereocenters. The van der Waals surface area contributed by atoms with Crippen molar-refractivity contribution in [1.82, 2.24) is 9.80 Å². The van der Waals surface area contributed by atoms with E-state index in [1.807, 2.05) is 24.3 Å². The molecule has 1 aromatic rings. The average Bonchev–Trinajstić information content (AvgIpc) is 2.69. The fraction of sp³-hybridized carbons (Fsp3) is 0.600. The van der Waals surface area contributed by atoms with E-state index in [0.717, 1.165) is 44.2 Å². The van der Waals surface area contributed by atoms with Crippen molar-refractivity contribution >= 4 is 11.9 Å². The van der Waals surface area contributed by atoms with Gasteiger partial charge in [-0.1, -0.05) is 12.1 Å². The zero-order valence-electron chi connectivity index (χ0n) is 16.3. The molecule has 2 rings (SSSR count). The quantitative estimate of drug-likeness (QED) is 0.573. The molecule has 0 radical (unpaired) electrons. The number of benzene rings is 1. The Morgan fingerprint density at radius 2 is 1.85 bits per heavy atom. The molecule has 150 valence electrons. The number of hydrogen-bond acceptors (Lipinski definition) is 6. The van der Waals surface area contributed by atoms with E-state index in [1.165, 1.54) is 0 Å². The van der Waals surface area contributed by atoms with Crippen molar-refractivity contribution in [3.8, 4) is 5.75 Å². The van der Waals surface area contributed by atoms with E-state index in [4.69, 9.17) is 14.2 Å². The molecule has 1 fully saturated rings. The molecule has 0 N–H and O–H groups in total. The zero-order chi connectivity index (χ0) is 19.5. The Balaban J connectivity index is 1.92. The Morgan fingerprint density at radius 1 is 1.15 bits per heavy atom. The van der Waals surface area contributed by atoms with Crippen molar-refractivity contribution in [2.75, 3.05) is 59.7 Å². The molecular weight excluding hydrogens is 348 g/mol. The van der Waals surface area contributed by atoms with Gasteiger partial charge in [0.25, 0.3) is 0 Å². The van der Waals surface area contributed by atoms with Crippen LogP contribution in [-0.4, -0.2) is 81.3 Å². The molecule has 1 saturated heterocycles. The highest BCUT2D eigenvalue weighted by Crippen LogP contribution is 2.13. The summed E-state index contributed by atoms with van der Waals surface area (Å²) in [6.07, 6.45) is 0.515. The molecule has 0 aliphatic carbocycles. The Hall–Kier alpha value is -2.12. The predicted molar refractivity (Wildman–Crippen MR) is 102 cm³/mol. The molecule has 1 aliphatic heterocycles. The van der Waals surface area contributed by atoms with Crippen molar-refractivity contribution in [3.05, 3.63) is 29.8 Å². The lowest BCUT2D eigenvalue weighted by molar-refractivity contribution is -0.144. The number of esters is 1. The molecule has 0 unspecified atom stereocenters. The fourth-order valence-corrected chi connectivity index (χ4v) is 2.94. The lowest BCUT2D eigenvalue weighted by Crippen LogP contribution is -2.44. The third-order valence-electron chi connectivity index (χ3n) is 4.55. The average molecular weight is 378 g/mol. The Kier molecular flexibility index (Phi) is 9.07. The van der Waals surface area contributed by atoms with E-state index >= 15 is 0 Å². The largest absolute Gasteiger partial charge is 0.497 e. The van der Waals surface area contributed by atoms with Crippen LogP contribution in [0.3, 0.4) is 0 Å². The van der Waals surface area contributed by atoms with Crippen LogP contribution in [0, 0.1) is 0 Å².